The van der Waals surface area contributed by atoms with Crippen molar-refractivity contribution < 1.29 is 41.8 Å². The number of hydrogen-bond donors (Lipinski definition) is 0. The Morgan fingerprint density at radius 3 is 1.76 bits per heavy atom. The molecule has 0 bridgehead atoms. The van der Waals surface area contributed by atoms with Crippen molar-refractivity contribution in [3.8, 4) is 0 Å². The number of esters is 2. The van der Waals surface area contributed by atoms with Crippen molar-refractivity contribution >= 4 is 18.1 Å². The molecule has 2 fully saturated rings. The average Bonchev–Trinajstić information content (AvgIpc) is 2.75. The van der Waals surface area contributed by atoms with Crippen LogP contribution in [0.25, 0.3) is 0 Å². The second-order valence-corrected chi connectivity index (χ2v) is 3.06. The highest BCUT2D eigenvalue weighted by atomic mass is 19.4. The van der Waals surface area contributed by atoms with Gasteiger partial charge in [-0.3, -0.25) is 9.59 Å². The largest absolute Gasteiger partial charge is 0.509 e. The summed E-state index contributed by atoms with van der Waals surface area (Å²) < 4.78 is 46.5. The van der Waals surface area contributed by atoms with Crippen molar-refractivity contribution in [1.82, 2.24) is 0 Å². The first-order valence-electron chi connectivity index (χ1n) is 4.42. The molecule has 2 saturated heterocycles. The van der Waals surface area contributed by atoms with Crippen LogP contribution in [0.15, 0.2) is 0 Å². The summed E-state index contributed by atoms with van der Waals surface area (Å²) >= 11 is 0. The molecule has 2 rings (SSSR count). The van der Waals surface area contributed by atoms with Crippen LogP contribution in [0.1, 0.15) is 12.8 Å². The molecule has 0 aromatic rings. The second-order valence-electron chi connectivity index (χ2n) is 3.06. The Labute approximate surface area is 92.6 Å². The van der Waals surface area contributed by atoms with E-state index >= 15 is 0 Å². The van der Waals surface area contributed by atoms with Gasteiger partial charge in [-0.2, -0.15) is 13.2 Å². The lowest BCUT2D eigenvalue weighted by Crippen LogP contribution is -2.30. The van der Waals surface area contributed by atoms with Gasteiger partial charge in [0, 0.05) is 0 Å². The minimum atomic E-state index is -4.51. The van der Waals surface area contributed by atoms with Crippen LogP contribution < -0.4 is 0 Å². The summed E-state index contributed by atoms with van der Waals surface area (Å²) in [7, 11) is 0. The zero-order chi connectivity index (χ0) is 13.1. The van der Waals surface area contributed by atoms with Gasteiger partial charge in [0.15, 0.2) is 0 Å². The number of cyclic esters (lactones) is 4. The van der Waals surface area contributed by atoms with Gasteiger partial charge in [-0.1, -0.05) is 0 Å². The van der Waals surface area contributed by atoms with Gasteiger partial charge >= 0.3 is 24.3 Å². The lowest BCUT2D eigenvalue weighted by molar-refractivity contribution is -0.193. The predicted octanol–water partition coefficient (Wildman–Crippen LogP) is 0.934. The fourth-order valence-electron chi connectivity index (χ4n) is 0.922. The van der Waals surface area contributed by atoms with Gasteiger partial charge in [-0.15, -0.1) is 0 Å². The molecule has 1 unspecified atom stereocenters. The van der Waals surface area contributed by atoms with Gasteiger partial charge in [0.2, 0.25) is 6.10 Å². The van der Waals surface area contributed by atoms with E-state index in [0.717, 1.165) is 0 Å². The molecule has 2 heterocycles. The van der Waals surface area contributed by atoms with E-state index in [1.807, 2.05) is 0 Å². The monoisotopic (exact) mass is 256 g/mol. The van der Waals surface area contributed by atoms with E-state index in [9.17, 15) is 27.6 Å². The van der Waals surface area contributed by atoms with Gasteiger partial charge in [0.25, 0.3) is 0 Å². The third kappa shape index (κ3) is 4.29. The molecule has 0 N–H and O–H groups in total. The number of alkyl halides is 3. The number of ether oxygens (including phenoxy) is 3. The van der Waals surface area contributed by atoms with E-state index in [2.05, 4.69) is 14.2 Å². The summed E-state index contributed by atoms with van der Waals surface area (Å²) in [5.74, 6) is -0.796. The SMILES string of the molecule is O=C1CCC(=O)O1.O=C1OCC(C(F)(F)F)O1. The van der Waals surface area contributed by atoms with E-state index in [1.54, 1.807) is 0 Å². The van der Waals surface area contributed by atoms with Crippen LogP contribution in [0.4, 0.5) is 18.0 Å². The van der Waals surface area contributed by atoms with Crippen LogP contribution in [0.5, 0.6) is 0 Å². The Morgan fingerprint density at radius 2 is 1.59 bits per heavy atom. The van der Waals surface area contributed by atoms with Crippen molar-refractivity contribution in [3.05, 3.63) is 0 Å². The van der Waals surface area contributed by atoms with E-state index in [-0.39, 0.29) is 12.8 Å². The third-order valence-corrected chi connectivity index (χ3v) is 1.72. The molecule has 9 heteroatoms. The molecule has 96 valence electrons. The first-order chi connectivity index (χ1) is 7.79. The third-order valence-electron chi connectivity index (χ3n) is 1.72. The maximum absolute atomic E-state index is 11.6. The van der Waals surface area contributed by atoms with Crippen LogP contribution >= 0.6 is 0 Å². The lowest BCUT2D eigenvalue weighted by Gasteiger charge is -2.09. The summed E-state index contributed by atoms with van der Waals surface area (Å²) in [6, 6.07) is 0. The fourth-order valence-corrected chi connectivity index (χ4v) is 0.922. The van der Waals surface area contributed by atoms with E-state index in [0.29, 0.717) is 0 Å². The van der Waals surface area contributed by atoms with Gasteiger partial charge < -0.3 is 14.2 Å². The Bertz CT molecular complexity index is 323. The summed E-state index contributed by atoms with van der Waals surface area (Å²) in [6.45, 7) is -0.734. The molecule has 0 spiro atoms. The number of carbonyl (C=O) groups is 3. The molecule has 2 aliphatic heterocycles. The Balaban J connectivity index is 0.000000181. The maximum Gasteiger partial charge on any atom is 0.509 e. The van der Waals surface area contributed by atoms with E-state index < -0.39 is 37.0 Å². The number of carbonyl (C=O) groups excluding carboxylic acids is 3. The zero-order valence-corrected chi connectivity index (χ0v) is 8.28. The number of halogens is 3. The van der Waals surface area contributed by atoms with Crippen molar-refractivity contribution in [2.24, 2.45) is 0 Å². The molecule has 0 amide bonds. The van der Waals surface area contributed by atoms with Gasteiger partial charge in [-0.25, -0.2) is 4.79 Å². The summed E-state index contributed by atoms with van der Waals surface area (Å²) in [5.41, 5.74) is 0. The molecule has 2 aliphatic rings. The second kappa shape index (κ2) is 5.02. The molecule has 0 aromatic carbocycles. The van der Waals surface area contributed by atoms with Crippen molar-refractivity contribution in [2.45, 2.75) is 25.1 Å². The molecular weight excluding hydrogens is 249 g/mol. The first-order valence-corrected chi connectivity index (χ1v) is 4.42. The minimum Gasteiger partial charge on any atom is -0.430 e. The molecule has 1 atom stereocenters. The minimum absolute atomic E-state index is 0.263. The van der Waals surface area contributed by atoms with Crippen LogP contribution in [-0.4, -0.2) is 37.0 Å². The summed E-state index contributed by atoms with van der Waals surface area (Å²) in [4.78, 5) is 30.0. The fraction of sp³-hybridized carbons (Fsp3) is 0.625. The Kier molecular flexibility index (Phi) is 3.92. The predicted molar refractivity (Wildman–Crippen MR) is 42.6 cm³/mol. The highest BCUT2D eigenvalue weighted by Gasteiger charge is 2.47. The highest BCUT2D eigenvalue weighted by Crippen LogP contribution is 2.26. The van der Waals surface area contributed by atoms with Gasteiger partial charge in [-0.05, 0) is 0 Å². The number of hydrogen-bond acceptors (Lipinski definition) is 6. The van der Waals surface area contributed by atoms with Crippen molar-refractivity contribution in [3.63, 3.8) is 0 Å². The van der Waals surface area contributed by atoms with Crippen LogP contribution in [0.3, 0.4) is 0 Å². The molecule has 17 heavy (non-hydrogen) atoms. The normalized spacial score (nSPS) is 23.5. The van der Waals surface area contributed by atoms with Gasteiger partial charge in [0.05, 0.1) is 12.8 Å². The van der Waals surface area contributed by atoms with Crippen LogP contribution in [0, 0.1) is 0 Å². The highest BCUT2D eigenvalue weighted by molar-refractivity contribution is 5.92. The number of rotatable bonds is 0. The Morgan fingerprint density at radius 1 is 1.06 bits per heavy atom. The first kappa shape index (κ1) is 13.3. The summed E-state index contributed by atoms with van der Waals surface area (Å²) in [5, 5.41) is 0. The molecule has 0 aliphatic carbocycles. The van der Waals surface area contributed by atoms with E-state index in [4.69, 9.17) is 0 Å². The topological polar surface area (TPSA) is 78.9 Å². The maximum atomic E-state index is 11.6. The molecular formula is C8H7F3O6. The average molecular weight is 256 g/mol. The van der Waals surface area contributed by atoms with Crippen molar-refractivity contribution in [1.29, 1.82) is 0 Å². The quantitative estimate of drug-likeness (QED) is 0.474. The molecule has 6 nitrogen and oxygen atoms in total. The lowest BCUT2D eigenvalue weighted by atomic mass is 10.4. The Hall–Kier alpha value is -1.80. The van der Waals surface area contributed by atoms with Gasteiger partial charge in [0.1, 0.15) is 6.61 Å². The zero-order valence-electron chi connectivity index (χ0n) is 8.28. The van der Waals surface area contributed by atoms with Crippen molar-refractivity contribution in [2.75, 3.05) is 6.61 Å². The smallest absolute Gasteiger partial charge is 0.430 e. The molecule has 0 aromatic heterocycles. The van der Waals surface area contributed by atoms with Crippen LogP contribution in [0.2, 0.25) is 0 Å². The molecule has 0 radical (unpaired) electrons. The van der Waals surface area contributed by atoms with Crippen LogP contribution in [-0.2, 0) is 23.8 Å². The summed E-state index contributed by atoms with van der Waals surface area (Å²) in [6.07, 6.45) is -7.33. The standard InChI is InChI=1S/C4H3F3O3.C4H4O3/c5-4(6,7)2-1-9-3(8)10-2;5-3-1-2-4(6)7-3/h2H,1H2;1-2H2. The molecule has 0 saturated carbocycles. The van der Waals surface area contributed by atoms with E-state index in [1.165, 1.54) is 0 Å².